The monoisotopic (exact) mass is 178 g/mol. The fourth-order valence-corrected chi connectivity index (χ4v) is 1.51. The summed E-state index contributed by atoms with van der Waals surface area (Å²) < 4.78 is 0. The van der Waals surface area contributed by atoms with E-state index in [9.17, 15) is 5.11 Å². The maximum atomic E-state index is 9.67. The van der Waals surface area contributed by atoms with Crippen LogP contribution >= 0.6 is 0 Å². The van der Waals surface area contributed by atoms with Gasteiger partial charge in [-0.1, -0.05) is 44.2 Å². The molecule has 0 saturated heterocycles. The molecule has 0 heterocycles. The molecule has 0 amide bonds. The van der Waals surface area contributed by atoms with E-state index < -0.39 is 0 Å². The Kier molecular flexibility index (Phi) is 3.97. The Hall–Kier alpha value is -0.820. The zero-order valence-corrected chi connectivity index (χ0v) is 8.40. The molecule has 0 aromatic heterocycles. The molecule has 72 valence electrons. The molecule has 1 nitrogen and oxygen atoms in total. The Labute approximate surface area is 80.4 Å². The van der Waals surface area contributed by atoms with Gasteiger partial charge in [0.2, 0.25) is 0 Å². The van der Waals surface area contributed by atoms with E-state index in [1.165, 1.54) is 5.56 Å². The van der Waals surface area contributed by atoms with Gasteiger partial charge in [-0.05, 0) is 24.3 Å². The summed E-state index contributed by atoms with van der Waals surface area (Å²) in [7, 11) is 0. The SMILES string of the molecule is CC(C)C[C@H](O)Cc1ccccc1. The van der Waals surface area contributed by atoms with Gasteiger partial charge in [-0.2, -0.15) is 0 Å². The van der Waals surface area contributed by atoms with Crippen molar-refractivity contribution < 1.29 is 5.11 Å². The highest BCUT2D eigenvalue weighted by atomic mass is 16.3. The van der Waals surface area contributed by atoms with Crippen LogP contribution in [0.2, 0.25) is 0 Å². The summed E-state index contributed by atoms with van der Waals surface area (Å²) in [5, 5.41) is 9.67. The van der Waals surface area contributed by atoms with Gasteiger partial charge in [0, 0.05) is 0 Å². The number of aliphatic hydroxyl groups excluding tert-OH is 1. The van der Waals surface area contributed by atoms with Crippen molar-refractivity contribution in [2.75, 3.05) is 0 Å². The van der Waals surface area contributed by atoms with E-state index in [1.54, 1.807) is 0 Å². The van der Waals surface area contributed by atoms with E-state index in [1.807, 2.05) is 18.2 Å². The fourth-order valence-electron chi connectivity index (χ4n) is 1.51. The lowest BCUT2D eigenvalue weighted by Gasteiger charge is -2.12. The average molecular weight is 178 g/mol. The van der Waals surface area contributed by atoms with Crippen LogP contribution in [0, 0.1) is 5.92 Å². The number of hydrogen-bond donors (Lipinski definition) is 1. The van der Waals surface area contributed by atoms with Crippen molar-refractivity contribution in [2.24, 2.45) is 5.92 Å². The van der Waals surface area contributed by atoms with Crippen molar-refractivity contribution in [3.8, 4) is 0 Å². The van der Waals surface area contributed by atoms with E-state index in [2.05, 4.69) is 26.0 Å². The molecule has 0 bridgehead atoms. The molecule has 0 saturated carbocycles. The summed E-state index contributed by atoms with van der Waals surface area (Å²) in [6.07, 6.45) is 1.47. The summed E-state index contributed by atoms with van der Waals surface area (Å²) in [4.78, 5) is 0. The first-order valence-corrected chi connectivity index (χ1v) is 4.90. The highest BCUT2D eigenvalue weighted by molar-refractivity contribution is 5.15. The Bertz CT molecular complexity index is 228. The van der Waals surface area contributed by atoms with Crippen molar-refractivity contribution in [1.29, 1.82) is 0 Å². The third kappa shape index (κ3) is 4.09. The molecular formula is C12H18O. The summed E-state index contributed by atoms with van der Waals surface area (Å²) in [5.41, 5.74) is 1.22. The van der Waals surface area contributed by atoms with Gasteiger partial charge < -0.3 is 5.11 Å². The van der Waals surface area contributed by atoms with Gasteiger partial charge >= 0.3 is 0 Å². The first-order chi connectivity index (χ1) is 6.18. The van der Waals surface area contributed by atoms with Crippen LogP contribution in [-0.2, 0) is 6.42 Å². The molecule has 1 aromatic carbocycles. The second kappa shape index (κ2) is 5.03. The summed E-state index contributed by atoms with van der Waals surface area (Å²) >= 11 is 0. The van der Waals surface area contributed by atoms with Gasteiger partial charge in [0.15, 0.2) is 0 Å². The largest absolute Gasteiger partial charge is 0.393 e. The van der Waals surface area contributed by atoms with Crippen LogP contribution in [0.5, 0.6) is 0 Å². The Balaban J connectivity index is 2.41. The molecule has 0 aliphatic carbocycles. The van der Waals surface area contributed by atoms with Crippen molar-refractivity contribution in [2.45, 2.75) is 32.8 Å². The average Bonchev–Trinajstić information content (AvgIpc) is 2.04. The lowest BCUT2D eigenvalue weighted by Crippen LogP contribution is -2.13. The molecule has 0 fully saturated rings. The van der Waals surface area contributed by atoms with Crippen LogP contribution < -0.4 is 0 Å². The van der Waals surface area contributed by atoms with E-state index in [0.717, 1.165) is 12.8 Å². The van der Waals surface area contributed by atoms with Crippen LogP contribution in [0.1, 0.15) is 25.8 Å². The van der Waals surface area contributed by atoms with Gasteiger partial charge in [0.1, 0.15) is 0 Å². The van der Waals surface area contributed by atoms with Crippen LogP contribution in [0.25, 0.3) is 0 Å². The van der Waals surface area contributed by atoms with E-state index >= 15 is 0 Å². The summed E-state index contributed by atoms with van der Waals surface area (Å²) in [5.74, 6) is 0.568. The molecule has 13 heavy (non-hydrogen) atoms. The zero-order chi connectivity index (χ0) is 9.68. The number of hydrogen-bond acceptors (Lipinski definition) is 1. The lowest BCUT2D eigenvalue weighted by atomic mass is 10.00. The van der Waals surface area contributed by atoms with Gasteiger partial charge in [-0.25, -0.2) is 0 Å². The number of rotatable bonds is 4. The smallest absolute Gasteiger partial charge is 0.0583 e. The topological polar surface area (TPSA) is 20.2 Å². The number of benzene rings is 1. The minimum atomic E-state index is -0.192. The lowest BCUT2D eigenvalue weighted by molar-refractivity contribution is 0.149. The predicted octanol–water partition coefficient (Wildman–Crippen LogP) is 2.64. The van der Waals surface area contributed by atoms with Crippen molar-refractivity contribution >= 4 is 0 Å². The van der Waals surface area contributed by atoms with Gasteiger partial charge in [-0.3, -0.25) is 0 Å². The van der Waals surface area contributed by atoms with Gasteiger partial charge in [0.25, 0.3) is 0 Å². The van der Waals surface area contributed by atoms with E-state index in [4.69, 9.17) is 0 Å². The van der Waals surface area contributed by atoms with Crippen LogP contribution in [-0.4, -0.2) is 11.2 Å². The Morgan fingerprint density at radius 3 is 2.31 bits per heavy atom. The molecular weight excluding hydrogens is 160 g/mol. The molecule has 0 unspecified atom stereocenters. The minimum absolute atomic E-state index is 0.192. The van der Waals surface area contributed by atoms with Crippen molar-refractivity contribution in [3.05, 3.63) is 35.9 Å². The fraction of sp³-hybridized carbons (Fsp3) is 0.500. The summed E-state index contributed by atoms with van der Waals surface area (Å²) in [6, 6.07) is 10.1. The molecule has 1 N–H and O–H groups in total. The minimum Gasteiger partial charge on any atom is -0.393 e. The molecule has 1 rings (SSSR count). The molecule has 1 atom stereocenters. The van der Waals surface area contributed by atoms with Gasteiger partial charge in [0.05, 0.1) is 6.10 Å². The molecule has 0 radical (unpaired) electrons. The van der Waals surface area contributed by atoms with E-state index in [-0.39, 0.29) is 6.10 Å². The zero-order valence-electron chi connectivity index (χ0n) is 8.40. The predicted molar refractivity (Wildman–Crippen MR) is 55.6 cm³/mol. The van der Waals surface area contributed by atoms with E-state index in [0.29, 0.717) is 5.92 Å². The molecule has 0 spiro atoms. The normalized spacial score (nSPS) is 13.2. The first kappa shape index (κ1) is 10.3. The highest BCUT2D eigenvalue weighted by Crippen LogP contribution is 2.10. The van der Waals surface area contributed by atoms with Crippen molar-refractivity contribution in [1.82, 2.24) is 0 Å². The van der Waals surface area contributed by atoms with Crippen LogP contribution in [0.4, 0.5) is 0 Å². The van der Waals surface area contributed by atoms with Crippen molar-refractivity contribution in [3.63, 3.8) is 0 Å². The first-order valence-electron chi connectivity index (χ1n) is 4.90. The summed E-state index contributed by atoms with van der Waals surface area (Å²) in [6.45, 7) is 4.27. The maximum absolute atomic E-state index is 9.67. The van der Waals surface area contributed by atoms with Crippen LogP contribution in [0.15, 0.2) is 30.3 Å². The Morgan fingerprint density at radius 1 is 1.15 bits per heavy atom. The second-order valence-corrected chi connectivity index (χ2v) is 3.97. The molecule has 0 aliphatic rings. The van der Waals surface area contributed by atoms with Crippen LogP contribution in [0.3, 0.4) is 0 Å². The highest BCUT2D eigenvalue weighted by Gasteiger charge is 2.06. The quantitative estimate of drug-likeness (QED) is 0.751. The molecule has 1 aromatic rings. The molecule has 0 aliphatic heterocycles. The maximum Gasteiger partial charge on any atom is 0.0583 e. The third-order valence-corrected chi connectivity index (χ3v) is 2.06. The second-order valence-electron chi connectivity index (χ2n) is 3.97. The Morgan fingerprint density at radius 2 is 1.77 bits per heavy atom. The molecule has 1 heteroatoms. The standard InChI is InChI=1S/C12H18O/c1-10(2)8-12(13)9-11-6-4-3-5-7-11/h3-7,10,12-13H,8-9H2,1-2H3/t12-/m0/s1. The number of aliphatic hydroxyl groups is 1. The third-order valence-electron chi connectivity index (χ3n) is 2.06. The van der Waals surface area contributed by atoms with Gasteiger partial charge in [-0.15, -0.1) is 0 Å².